The van der Waals surface area contributed by atoms with E-state index in [0.29, 0.717) is 32.7 Å². The Morgan fingerprint density at radius 2 is 1.79 bits per heavy atom. The van der Waals surface area contributed by atoms with Gasteiger partial charge in [-0.15, -0.1) is 0 Å². The van der Waals surface area contributed by atoms with E-state index in [-0.39, 0.29) is 16.5 Å². The molecule has 0 radical (unpaired) electrons. The topological polar surface area (TPSA) is 86.8 Å². The maximum atomic E-state index is 13.1. The van der Waals surface area contributed by atoms with E-state index in [2.05, 4.69) is 4.72 Å². The van der Waals surface area contributed by atoms with Gasteiger partial charge in [0.25, 0.3) is 0 Å². The Kier molecular flexibility index (Phi) is 6.21. The number of rotatable bonds is 6. The van der Waals surface area contributed by atoms with Gasteiger partial charge in [0.15, 0.2) is 0 Å². The highest BCUT2D eigenvalue weighted by molar-refractivity contribution is 7.89. The van der Waals surface area contributed by atoms with E-state index in [9.17, 15) is 21.2 Å². The summed E-state index contributed by atoms with van der Waals surface area (Å²) in [5.74, 6) is -0.681. The van der Waals surface area contributed by atoms with Crippen molar-refractivity contribution in [2.75, 3.05) is 45.5 Å². The molecule has 1 saturated heterocycles. The van der Waals surface area contributed by atoms with Crippen LogP contribution in [0, 0.1) is 5.82 Å². The molecule has 2 rings (SSSR count). The summed E-state index contributed by atoms with van der Waals surface area (Å²) in [4.78, 5) is 1.87. The van der Waals surface area contributed by atoms with Gasteiger partial charge in [0.1, 0.15) is 5.82 Å². The molecule has 0 atom stereocenters. The van der Waals surface area contributed by atoms with Crippen LogP contribution < -0.4 is 4.72 Å². The molecular formula is C13H19ClFN3O4S2. The fourth-order valence-electron chi connectivity index (χ4n) is 2.35. The highest BCUT2D eigenvalue weighted by atomic mass is 35.5. The Labute approximate surface area is 146 Å². The van der Waals surface area contributed by atoms with Crippen molar-refractivity contribution in [3.05, 3.63) is 29.0 Å². The second-order valence-corrected chi connectivity index (χ2v) is 9.63. The molecule has 0 aromatic heterocycles. The van der Waals surface area contributed by atoms with Gasteiger partial charge in [-0.05, 0) is 18.2 Å². The summed E-state index contributed by atoms with van der Waals surface area (Å²) in [5.41, 5.74) is 0. The molecule has 0 spiro atoms. The minimum Gasteiger partial charge on any atom is -0.299 e. The Morgan fingerprint density at radius 1 is 1.17 bits per heavy atom. The van der Waals surface area contributed by atoms with Crippen LogP contribution in [0.25, 0.3) is 0 Å². The number of piperazine rings is 1. The average molecular weight is 400 g/mol. The van der Waals surface area contributed by atoms with Crippen molar-refractivity contribution in [1.29, 1.82) is 0 Å². The van der Waals surface area contributed by atoms with Crippen LogP contribution in [0.1, 0.15) is 0 Å². The fraction of sp³-hybridized carbons (Fsp3) is 0.538. The van der Waals surface area contributed by atoms with Crippen molar-refractivity contribution >= 4 is 31.6 Å². The SMILES string of the molecule is CS(=O)(=O)N1CCN(CCNS(=O)(=O)c2ccc(F)c(Cl)c2)CC1. The lowest BCUT2D eigenvalue weighted by molar-refractivity contribution is 0.192. The first-order valence-electron chi connectivity index (χ1n) is 7.22. The van der Waals surface area contributed by atoms with Crippen LogP contribution in [0.5, 0.6) is 0 Å². The van der Waals surface area contributed by atoms with Crippen molar-refractivity contribution in [3.8, 4) is 0 Å². The van der Waals surface area contributed by atoms with E-state index < -0.39 is 25.9 Å². The van der Waals surface area contributed by atoms with Crippen molar-refractivity contribution in [2.24, 2.45) is 0 Å². The summed E-state index contributed by atoms with van der Waals surface area (Å²) >= 11 is 5.60. The predicted molar refractivity (Wildman–Crippen MR) is 89.5 cm³/mol. The quantitative estimate of drug-likeness (QED) is 0.745. The van der Waals surface area contributed by atoms with Gasteiger partial charge in [0, 0.05) is 39.3 Å². The summed E-state index contributed by atoms with van der Waals surface area (Å²) in [6.45, 7) is 2.47. The first-order chi connectivity index (χ1) is 11.1. The molecule has 1 aromatic carbocycles. The van der Waals surface area contributed by atoms with Gasteiger partial charge in [-0.25, -0.2) is 25.9 Å². The van der Waals surface area contributed by atoms with Crippen LogP contribution in [0.4, 0.5) is 4.39 Å². The third-order valence-corrected chi connectivity index (χ3v) is 6.77. The van der Waals surface area contributed by atoms with Crippen LogP contribution in [0.15, 0.2) is 23.1 Å². The van der Waals surface area contributed by atoms with Gasteiger partial charge >= 0.3 is 0 Å². The summed E-state index contributed by atoms with van der Waals surface area (Å²) in [6.07, 6.45) is 1.17. The van der Waals surface area contributed by atoms with Crippen molar-refractivity contribution in [2.45, 2.75) is 4.90 Å². The number of benzene rings is 1. The molecule has 1 aliphatic heterocycles. The van der Waals surface area contributed by atoms with Gasteiger partial charge < -0.3 is 0 Å². The third-order valence-electron chi connectivity index (χ3n) is 3.72. The molecule has 1 aliphatic rings. The van der Waals surface area contributed by atoms with E-state index in [1.54, 1.807) is 0 Å². The molecule has 0 saturated carbocycles. The van der Waals surface area contributed by atoms with E-state index in [4.69, 9.17) is 11.6 Å². The molecule has 0 amide bonds. The average Bonchev–Trinajstić information content (AvgIpc) is 2.49. The van der Waals surface area contributed by atoms with E-state index >= 15 is 0 Å². The highest BCUT2D eigenvalue weighted by Gasteiger charge is 2.23. The zero-order chi connectivity index (χ0) is 18.0. The number of nitrogens with zero attached hydrogens (tertiary/aromatic N) is 2. The molecule has 11 heteroatoms. The molecule has 1 fully saturated rings. The standard InChI is InChI=1S/C13H19ClFN3O4S2/c1-23(19,20)18-8-6-17(7-9-18)5-4-16-24(21,22)11-2-3-13(15)12(14)10-11/h2-3,10,16H,4-9H2,1H3. The van der Waals surface area contributed by atoms with Gasteiger partial charge in [0.2, 0.25) is 20.0 Å². The lowest BCUT2D eigenvalue weighted by atomic mass is 10.3. The Hall–Kier alpha value is -0.780. The molecule has 1 N–H and O–H groups in total. The number of sulfonamides is 2. The second kappa shape index (κ2) is 7.63. The molecule has 1 heterocycles. The summed E-state index contributed by atoms with van der Waals surface area (Å²) in [7, 11) is -6.95. The monoisotopic (exact) mass is 399 g/mol. The number of halogens is 2. The van der Waals surface area contributed by atoms with Crippen molar-refractivity contribution < 1.29 is 21.2 Å². The molecule has 0 unspecified atom stereocenters. The van der Waals surface area contributed by atoms with Crippen molar-refractivity contribution in [3.63, 3.8) is 0 Å². The third kappa shape index (κ3) is 5.11. The molecule has 1 aromatic rings. The van der Waals surface area contributed by atoms with Gasteiger partial charge in [0.05, 0.1) is 16.2 Å². The molecule has 0 aliphatic carbocycles. The molecular weight excluding hydrogens is 381 g/mol. The first kappa shape index (κ1) is 19.5. The van der Waals surface area contributed by atoms with E-state index in [1.807, 2.05) is 4.90 Å². The normalized spacial score (nSPS) is 18.0. The van der Waals surface area contributed by atoms with Gasteiger partial charge in [-0.2, -0.15) is 4.31 Å². The lowest BCUT2D eigenvalue weighted by Crippen LogP contribution is -2.49. The summed E-state index contributed by atoms with van der Waals surface area (Å²) < 4.78 is 64.0. The molecule has 24 heavy (non-hydrogen) atoms. The van der Waals surface area contributed by atoms with Crippen LogP contribution in [0.2, 0.25) is 5.02 Å². The van der Waals surface area contributed by atoms with Gasteiger partial charge in [-0.3, -0.25) is 4.90 Å². The predicted octanol–water partition coefficient (Wildman–Crippen LogP) is 0.335. The van der Waals surface area contributed by atoms with Crippen molar-refractivity contribution in [1.82, 2.24) is 13.9 Å². The fourth-order valence-corrected chi connectivity index (χ4v) is 4.47. The summed E-state index contributed by atoms with van der Waals surface area (Å²) in [5, 5.41) is -0.255. The van der Waals surface area contributed by atoms with Crippen LogP contribution in [-0.4, -0.2) is 71.6 Å². The number of hydrogen-bond donors (Lipinski definition) is 1. The number of hydrogen-bond acceptors (Lipinski definition) is 5. The highest BCUT2D eigenvalue weighted by Crippen LogP contribution is 2.19. The number of nitrogens with one attached hydrogen (secondary N) is 1. The Balaban J connectivity index is 1.85. The van der Waals surface area contributed by atoms with Gasteiger partial charge in [-0.1, -0.05) is 11.6 Å². The first-order valence-corrected chi connectivity index (χ1v) is 10.9. The molecule has 0 bridgehead atoms. The largest absolute Gasteiger partial charge is 0.299 e. The van der Waals surface area contributed by atoms with Crippen LogP contribution in [0.3, 0.4) is 0 Å². The van der Waals surface area contributed by atoms with E-state index in [0.717, 1.165) is 18.2 Å². The zero-order valence-electron chi connectivity index (χ0n) is 13.1. The molecule has 136 valence electrons. The summed E-state index contributed by atoms with van der Waals surface area (Å²) in [6, 6.07) is 3.21. The Bertz CT molecular complexity index is 793. The minimum absolute atomic E-state index is 0.101. The van der Waals surface area contributed by atoms with Crippen LogP contribution in [-0.2, 0) is 20.0 Å². The van der Waals surface area contributed by atoms with Crippen LogP contribution >= 0.6 is 11.6 Å². The minimum atomic E-state index is -3.77. The molecule has 7 nitrogen and oxygen atoms in total. The lowest BCUT2D eigenvalue weighted by Gasteiger charge is -2.33. The zero-order valence-corrected chi connectivity index (χ0v) is 15.5. The maximum absolute atomic E-state index is 13.1. The Morgan fingerprint density at radius 3 is 2.33 bits per heavy atom. The maximum Gasteiger partial charge on any atom is 0.240 e. The smallest absolute Gasteiger partial charge is 0.240 e. The van der Waals surface area contributed by atoms with E-state index in [1.165, 1.54) is 10.6 Å². The second-order valence-electron chi connectivity index (χ2n) is 5.48.